The van der Waals surface area contributed by atoms with Crippen LogP contribution in [-0.2, 0) is 11.3 Å². The summed E-state index contributed by atoms with van der Waals surface area (Å²) in [5.74, 6) is 2.93. The number of ether oxygens (including phenoxy) is 1. The number of carbonyl (C=O) groups excluding carboxylic acids is 1. The van der Waals surface area contributed by atoms with E-state index in [0.29, 0.717) is 12.2 Å². The summed E-state index contributed by atoms with van der Waals surface area (Å²) < 4.78 is 5.16. The summed E-state index contributed by atoms with van der Waals surface area (Å²) >= 11 is 1.42. The molecule has 0 saturated carbocycles. The molecule has 140 valence electrons. The number of rotatable bonds is 10. The molecule has 26 heavy (non-hydrogen) atoms. The molecule has 0 saturated heterocycles. The van der Waals surface area contributed by atoms with Crippen LogP contribution in [0.15, 0.2) is 53.5 Å². The molecule has 1 rings (SSSR count). The monoisotopic (exact) mass is 375 g/mol. The van der Waals surface area contributed by atoms with Crippen LogP contribution in [0.5, 0.6) is 0 Å². The van der Waals surface area contributed by atoms with Crippen LogP contribution in [-0.4, -0.2) is 40.8 Å². The predicted octanol–water partition coefficient (Wildman–Crippen LogP) is 2.85. The van der Waals surface area contributed by atoms with Crippen molar-refractivity contribution in [3.63, 3.8) is 0 Å². The zero-order valence-electron chi connectivity index (χ0n) is 14.8. The van der Waals surface area contributed by atoms with E-state index in [0.717, 1.165) is 10.5 Å². The van der Waals surface area contributed by atoms with E-state index in [1.807, 2.05) is 55.5 Å². The highest BCUT2D eigenvalue weighted by Gasteiger charge is 2.22. The van der Waals surface area contributed by atoms with Crippen molar-refractivity contribution >= 4 is 17.9 Å². The molecule has 0 aliphatic carbocycles. The molecule has 6 heteroatoms. The molecule has 0 aromatic heterocycles. The molecular formula is C20H25NO4S. The van der Waals surface area contributed by atoms with Crippen LogP contribution in [0.1, 0.15) is 18.9 Å². The quantitative estimate of drug-likeness (QED) is 0.433. The molecule has 0 heterocycles. The zero-order chi connectivity index (χ0) is 19.2. The van der Waals surface area contributed by atoms with Crippen LogP contribution in [0.3, 0.4) is 0 Å². The minimum Gasteiger partial charge on any atom is -0.445 e. The number of benzene rings is 1. The molecule has 5 nitrogen and oxygen atoms in total. The number of hydrogen-bond donors (Lipinski definition) is 3. The average molecular weight is 375 g/mol. The van der Waals surface area contributed by atoms with E-state index in [1.54, 1.807) is 0 Å². The number of alkyl carbamates (subject to hydrolysis) is 1. The summed E-state index contributed by atoms with van der Waals surface area (Å²) in [6.45, 7) is 1.57. The minimum atomic E-state index is -1.10. The van der Waals surface area contributed by atoms with Crippen molar-refractivity contribution in [3.05, 3.63) is 59.0 Å². The van der Waals surface area contributed by atoms with Crippen LogP contribution in [0.4, 0.5) is 4.79 Å². The molecule has 1 aromatic rings. The van der Waals surface area contributed by atoms with Crippen molar-refractivity contribution < 1.29 is 19.7 Å². The van der Waals surface area contributed by atoms with Gasteiger partial charge in [0.2, 0.25) is 0 Å². The van der Waals surface area contributed by atoms with Gasteiger partial charge < -0.3 is 20.3 Å². The lowest BCUT2D eigenvalue weighted by Crippen LogP contribution is -2.46. The van der Waals surface area contributed by atoms with Crippen LogP contribution < -0.4 is 5.32 Å². The summed E-state index contributed by atoms with van der Waals surface area (Å²) in [7, 11) is 0. The van der Waals surface area contributed by atoms with Crippen LogP contribution in [0.25, 0.3) is 0 Å². The maximum atomic E-state index is 12.0. The molecule has 1 amide bonds. The standard InChI is InChI=1S/C20H25NO4S/c1-3-5-12-17(9-4-2)26-15-18(19(23)13-22)21-20(24)25-14-16-10-7-6-8-11-16/h2-3,5-8,10-12,18-19,22-23H,9,13-15H2,1H3,(H,21,24)/b5-3-,17-12+. The molecular weight excluding hydrogens is 350 g/mol. The Bertz CT molecular complexity index is 637. The van der Waals surface area contributed by atoms with Crippen molar-refractivity contribution in [2.75, 3.05) is 12.4 Å². The molecule has 1 aromatic carbocycles. The van der Waals surface area contributed by atoms with Gasteiger partial charge in [0, 0.05) is 12.2 Å². The highest BCUT2D eigenvalue weighted by Crippen LogP contribution is 2.21. The number of hydrogen-bond acceptors (Lipinski definition) is 5. The lowest BCUT2D eigenvalue weighted by atomic mass is 10.2. The summed E-state index contributed by atoms with van der Waals surface area (Å²) in [5.41, 5.74) is 0.863. The van der Waals surface area contributed by atoms with Crippen LogP contribution in [0, 0.1) is 12.3 Å². The van der Waals surface area contributed by atoms with E-state index in [-0.39, 0.29) is 6.61 Å². The summed E-state index contributed by atoms with van der Waals surface area (Å²) in [6.07, 6.45) is 9.72. The average Bonchev–Trinajstić information content (AvgIpc) is 2.67. The summed E-state index contributed by atoms with van der Waals surface area (Å²) in [4.78, 5) is 12.9. The Hall–Kier alpha value is -2.20. The maximum Gasteiger partial charge on any atom is 0.407 e. The first-order chi connectivity index (χ1) is 12.6. The fraction of sp³-hybridized carbons (Fsp3) is 0.350. The topological polar surface area (TPSA) is 78.8 Å². The van der Waals surface area contributed by atoms with Gasteiger partial charge in [-0.2, -0.15) is 0 Å². The first-order valence-electron chi connectivity index (χ1n) is 8.25. The number of carbonyl (C=O) groups is 1. The maximum absolute atomic E-state index is 12.0. The molecule has 0 aliphatic rings. The smallest absolute Gasteiger partial charge is 0.407 e. The first kappa shape index (κ1) is 21.8. The zero-order valence-corrected chi connectivity index (χ0v) is 15.6. The van der Waals surface area contributed by atoms with Gasteiger partial charge in [-0.15, -0.1) is 24.1 Å². The summed E-state index contributed by atoms with van der Waals surface area (Å²) in [6, 6.07) is 8.62. The number of terminal acetylenes is 1. The van der Waals surface area contributed by atoms with Crippen LogP contribution in [0.2, 0.25) is 0 Å². The number of amides is 1. The Kier molecular flexibility index (Phi) is 11.0. The molecule has 0 fully saturated rings. The van der Waals surface area contributed by atoms with Gasteiger partial charge in [-0.05, 0) is 17.4 Å². The molecule has 0 bridgehead atoms. The van der Waals surface area contributed by atoms with Gasteiger partial charge in [-0.25, -0.2) is 4.79 Å². The van der Waals surface area contributed by atoms with Crippen LogP contribution >= 0.6 is 11.8 Å². The van der Waals surface area contributed by atoms with E-state index in [9.17, 15) is 15.0 Å². The second-order valence-electron chi connectivity index (χ2n) is 5.41. The molecule has 2 atom stereocenters. The highest BCUT2D eigenvalue weighted by molar-refractivity contribution is 8.03. The Morgan fingerprint density at radius 2 is 2.15 bits per heavy atom. The van der Waals surface area contributed by atoms with Gasteiger partial charge in [-0.3, -0.25) is 0 Å². The molecule has 0 spiro atoms. The third-order valence-electron chi connectivity index (χ3n) is 3.37. The van der Waals surface area contributed by atoms with E-state index >= 15 is 0 Å². The van der Waals surface area contributed by atoms with Crippen molar-refractivity contribution in [1.29, 1.82) is 0 Å². The Morgan fingerprint density at radius 3 is 2.77 bits per heavy atom. The Morgan fingerprint density at radius 1 is 1.42 bits per heavy atom. The Balaban J connectivity index is 2.59. The van der Waals surface area contributed by atoms with Gasteiger partial charge in [0.1, 0.15) is 6.61 Å². The van der Waals surface area contributed by atoms with E-state index in [2.05, 4.69) is 11.2 Å². The second kappa shape index (κ2) is 13.1. The fourth-order valence-electron chi connectivity index (χ4n) is 1.95. The lowest BCUT2D eigenvalue weighted by Gasteiger charge is -2.22. The SMILES string of the molecule is C#CC/C(=C\C=C/C)SCC(NC(=O)OCc1ccccc1)C(O)CO. The number of thioether (sulfide) groups is 1. The first-order valence-corrected chi connectivity index (χ1v) is 9.23. The molecule has 3 N–H and O–H groups in total. The predicted molar refractivity (Wildman–Crippen MR) is 105 cm³/mol. The second-order valence-corrected chi connectivity index (χ2v) is 6.56. The molecule has 0 aliphatic heterocycles. The van der Waals surface area contributed by atoms with Gasteiger partial charge in [0.25, 0.3) is 0 Å². The van der Waals surface area contributed by atoms with Gasteiger partial charge in [-0.1, -0.05) is 48.6 Å². The van der Waals surface area contributed by atoms with Crippen molar-refractivity contribution in [1.82, 2.24) is 5.32 Å². The van der Waals surface area contributed by atoms with E-state index in [1.165, 1.54) is 11.8 Å². The lowest BCUT2D eigenvalue weighted by molar-refractivity contribution is 0.0637. The third-order valence-corrected chi connectivity index (χ3v) is 4.54. The van der Waals surface area contributed by atoms with Crippen molar-refractivity contribution in [2.45, 2.75) is 32.1 Å². The summed E-state index contributed by atoms with van der Waals surface area (Å²) in [5, 5.41) is 21.8. The van der Waals surface area contributed by atoms with Crippen molar-refractivity contribution in [3.8, 4) is 12.3 Å². The molecule has 2 unspecified atom stereocenters. The third kappa shape index (κ3) is 8.77. The van der Waals surface area contributed by atoms with E-state index in [4.69, 9.17) is 11.2 Å². The minimum absolute atomic E-state index is 0.130. The number of allylic oxidation sites excluding steroid dienone is 4. The number of aliphatic hydroxyl groups is 2. The van der Waals surface area contributed by atoms with Gasteiger partial charge in [0.05, 0.1) is 18.8 Å². The Labute approximate surface area is 159 Å². The molecule has 0 radical (unpaired) electrons. The van der Waals surface area contributed by atoms with Gasteiger partial charge >= 0.3 is 6.09 Å². The van der Waals surface area contributed by atoms with Gasteiger partial charge in [0.15, 0.2) is 0 Å². The number of aliphatic hydroxyl groups excluding tert-OH is 2. The normalized spacial score (nSPS) is 13.8. The van der Waals surface area contributed by atoms with E-state index < -0.39 is 24.8 Å². The highest BCUT2D eigenvalue weighted by atomic mass is 32.2. The fourth-order valence-corrected chi connectivity index (χ4v) is 3.01. The largest absolute Gasteiger partial charge is 0.445 e. The number of nitrogens with one attached hydrogen (secondary N) is 1. The van der Waals surface area contributed by atoms with Crippen molar-refractivity contribution in [2.24, 2.45) is 0 Å².